The lowest BCUT2D eigenvalue weighted by Gasteiger charge is -2.44. The van der Waals surface area contributed by atoms with E-state index in [1.54, 1.807) is 0 Å². The van der Waals surface area contributed by atoms with Crippen LogP contribution in [0.25, 0.3) is 137 Å². The summed E-state index contributed by atoms with van der Waals surface area (Å²) in [6.07, 6.45) is 0. The number of furan rings is 1. The number of aromatic nitrogens is 3. The molecule has 2 aliphatic heterocycles. The topological polar surface area (TPSA) is 33.9 Å². The SMILES string of the molecule is c1ccc(-c2cc(-c3ccccc3)cc(N3c4cc(-n5c6ccccc6c6ccccc65)ccc4B4c5cc6c7cccc8c9ccccc9n(c6cc5N(c5cccc6c5oc5ccccc56)c5cc(-n6c9ccccc9c9ccccc96)cc3c54)c87)c2)cc1. The van der Waals surface area contributed by atoms with Crippen molar-refractivity contribution in [1.29, 1.82) is 0 Å². The minimum absolute atomic E-state index is 0.233. The second-order valence-corrected chi connectivity index (χ2v) is 24.7. The summed E-state index contributed by atoms with van der Waals surface area (Å²) >= 11 is 0. The second-order valence-electron chi connectivity index (χ2n) is 24.7. The molecule has 0 spiro atoms. The van der Waals surface area contributed by atoms with E-state index in [1.807, 2.05) is 0 Å². The van der Waals surface area contributed by atoms with Gasteiger partial charge in [0.25, 0.3) is 6.71 Å². The number of para-hydroxylation sites is 8. The Morgan fingerprint density at radius 2 is 0.725 bits per heavy atom. The molecule has 7 heteroatoms. The largest absolute Gasteiger partial charge is 0.454 e. The van der Waals surface area contributed by atoms with Crippen molar-refractivity contribution in [2.45, 2.75) is 0 Å². The third kappa shape index (κ3) is 6.70. The molecular weight excluding hydrogens is 1110 g/mol. The number of rotatable bonds is 6. The molecule has 0 amide bonds. The molecule has 0 N–H and O–H groups in total. The molecule has 14 aromatic carbocycles. The molecule has 91 heavy (non-hydrogen) atoms. The van der Waals surface area contributed by atoms with Crippen molar-refractivity contribution >= 4 is 161 Å². The van der Waals surface area contributed by atoms with E-state index in [9.17, 15) is 0 Å². The van der Waals surface area contributed by atoms with Gasteiger partial charge in [0.15, 0.2) is 5.58 Å². The van der Waals surface area contributed by atoms with Crippen molar-refractivity contribution in [2.24, 2.45) is 0 Å². The van der Waals surface area contributed by atoms with E-state index in [-0.39, 0.29) is 6.71 Å². The predicted octanol–water partition coefficient (Wildman–Crippen LogP) is 20.3. The molecule has 0 atom stereocenters. The van der Waals surface area contributed by atoms with E-state index in [0.29, 0.717) is 0 Å². The Morgan fingerprint density at radius 1 is 0.253 bits per heavy atom. The molecule has 0 fully saturated rings. The van der Waals surface area contributed by atoms with Crippen molar-refractivity contribution in [3.63, 3.8) is 0 Å². The molecule has 19 aromatic rings. The monoisotopic (exact) mass is 1160 g/mol. The Labute approximate surface area is 522 Å². The van der Waals surface area contributed by atoms with Gasteiger partial charge in [-0.1, -0.05) is 212 Å². The van der Waals surface area contributed by atoms with Crippen LogP contribution in [0.5, 0.6) is 0 Å². The first-order valence-electron chi connectivity index (χ1n) is 31.4. The van der Waals surface area contributed by atoms with Crippen LogP contribution in [0.1, 0.15) is 0 Å². The third-order valence-electron chi connectivity index (χ3n) is 20.1. The first-order chi connectivity index (χ1) is 45.2. The molecule has 420 valence electrons. The van der Waals surface area contributed by atoms with Crippen LogP contribution >= 0.6 is 0 Å². The van der Waals surface area contributed by atoms with Crippen LogP contribution in [-0.4, -0.2) is 20.2 Å². The van der Waals surface area contributed by atoms with Crippen LogP contribution in [0.15, 0.2) is 308 Å². The summed E-state index contributed by atoms with van der Waals surface area (Å²) in [5.74, 6) is 0. The number of benzene rings is 14. The molecule has 5 aromatic heterocycles. The van der Waals surface area contributed by atoms with Crippen LogP contribution in [0.4, 0.5) is 34.1 Å². The lowest BCUT2D eigenvalue weighted by Crippen LogP contribution is -2.61. The van der Waals surface area contributed by atoms with Gasteiger partial charge in [0, 0.05) is 88.0 Å². The smallest absolute Gasteiger partial charge is 0.252 e. The normalized spacial score (nSPS) is 13.0. The van der Waals surface area contributed by atoms with Gasteiger partial charge in [0.1, 0.15) is 5.58 Å². The minimum atomic E-state index is -0.233. The van der Waals surface area contributed by atoms with E-state index in [4.69, 9.17) is 4.42 Å². The summed E-state index contributed by atoms with van der Waals surface area (Å²) in [6.45, 7) is -0.233. The molecule has 0 aliphatic carbocycles. The minimum Gasteiger partial charge on any atom is -0.454 e. The lowest BCUT2D eigenvalue weighted by molar-refractivity contribution is 0.669. The number of nitrogens with zero attached hydrogens (tertiary/aromatic N) is 5. The van der Waals surface area contributed by atoms with Crippen LogP contribution in [0, 0.1) is 0 Å². The summed E-state index contributed by atoms with van der Waals surface area (Å²) < 4.78 is 14.7. The second kappa shape index (κ2) is 18.3. The Morgan fingerprint density at radius 3 is 1.35 bits per heavy atom. The highest BCUT2D eigenvalue weighted by Gasteiger charge is 2.45. The number of hydrogen-bond donors (Lipinski definition) is 0. The molecule has 0 bridgehead atoms. The molecule has 7 heterocycles. The first-order valence-corrected chi connectivity index (χ1v) is 31.4. The van der Waals surface area contributed by atoms with Gasteiger partial charge >= 0.3 is 0 Å². The van der Waals surface area contributed by atoms with Crippen molar-refractivity contribution in [3.05, 3.63) is 303 Å². The van der Waals surface area contributed by atoms with E-state index >= 15 is 0 Å². The lowest BCUT2D eigenvalue weighted by atomic mass is 9.33. The number of anilines is 6. The van der Waals surface area contributed by atoms with Gasteiger partial charge in [-0.2, -0.15) is 0 Å². The zero-order valence-electron chi connectivity index (χ0n) is 49.1. The van der Waals surface area contributed by atoms with Crippen LogP contribution in [0.2, 0.25) is 0 Å². The molecule has 2 aliphatic rings. The molecule has 0 radical (unpaired) electrons. The third-order valence-corrected chi connectivity index (χ3v) is 20.1. The average molecular weight is 1160 g/mol. The maximum absolute atomic E-state index is 7.22. The maximum Gasteiger partial charge on any atom is 0.252 e. The van der Waals surface area contributed by atoms with Gasteiger partial charge in [-0.25, -0.2) is 0 Å². The summed E-state index contributed by atoms with van der Waals surface area (Å²) in [5.41, 5.74) is 26.8. The van der Waals surface area contributed by atoms with E-state index < -0.39 is 0 Å². The van der Waals surface area contributed by atoms with Crippen LogP contribution < -0.4 is 26.2 Å². The van der Waals surface area contributed by atoms with Crippen molar-refractivity contribution in [3.8, 4) is 33.6 Å². The Balaban J connectivity index is 0.955. The zero-order chi connectivity index (χ0) is 59.2. The highest BCUT2D eigenvalue weighted by molar-refractivity contribution is 7.00. The van der Waals surface area contributed by atoms with Gasteiger partial charge in [-0.05, 0) is 130 Å². The molecular formula is C84H50BN5O. The molecule has 0 saturated heterocycles. The molecule has 0 unspecified atom stereocenters. The molecule has 6 nitrogen and oxygen atoms in total. The summed E-state index contributed by atoms with van der Waals surface area (Å²) in [5, 5.41) is 12.0. The van der Waals surface area contributed by atoms with Crippen molar-refractivity contribution in [2.75, 3.05) is 9.80 Å². The fourth-order valence-corrected chi connectivity index (χ4v) is 16.3. The predicted molar refractivity (Wildman–Crippen MR) is 382 cm³/mol. The standard InChI is InChI=1S/C84H50BN5O/c1-3-21-51(22-4-1)53-43-54(52-23-5-2-6-24-52)45-56(44-53)88-77-46-55(86-70-34-13-7-25-58(70)59-26-8-14-35-71(59)86)41-42-68(77)85-69-49-67-65-32-19-31-64-62-29-11-17-38-74(62)90(83(64)65)76(67)50-78(69)89(75-39-20-33-66-63-30-12-18-40-81(63)91-84(66)75)80-48-57(47-79(88)82(80)85)87-72-36-15-9-27-60(72)61-28-10-16-37-73(61)87/h1-50H. The summed E-state index contributed by atoms with van der Waals surface area (Å²) in [7, 11) is 0. The van der Waals surface area contributed by atoms with Crippen LogP contribution in [0.3, 0.4) is 0 Å². The Kier molecular flexibility index (Phi) is 9.83. The highest BCUT2D eigenvalue weighted by Crippen LogP contribution is 2.52. The quantitative estimate of drug-likeness (QED) is 0.156. The van der Waals surface area contributed by atoms with E-state index in [1.165, 1.54) is 87.1 Å². The van der Waals surface area contributed by atoms with E-state index in [0.717, 1.165) is 101 Å². The van der Waals surface area contributed by atoms with Gasteiger partial charge in [-0.3, -0.25) is 0 Å². The number of hydrogen-bond acceptors (Lipinski definition) is 3. The number of fused-ring (bicyclic) bond motifs is 19. The maximum atomic E-state index is 7.22. The molecule has 21 rings (SSSR count). The van der Waals surface area contributed by atoms with Crippen molar-refractivity contribution < 1.29 is 4.42 Å². The van der Waals surface area contributed by atoms with Gasteiger partial charge in [0.2, 0.25) is 0 Å². The Hall–Kier alpha value is -12.1. The zero-order valence-corrected chi connectivity index (χ0v) is 49.1. The fourth-order valence-electron chi connectivity index (χ4n) is 16.3. The highest BCUT2D eigenvalue weighted by atomic mass is 16.3. The fraction of sp³-hybridized carbons (Fsp3) is 0. The Bertz CT molecular complexity index is 6140. The van der Waals surface area contributed by atoms with Crippen molar-refractivity contribution in [1.82, 2.24) is 13.5 Å². The average Bonchev–Trinajstić information content (AvgIpc) is 1.68. The van der Waals surface area contributed by atoms with Gasteiger partial charge in [0.05, 0.1) is 50.0 Å². The van der Waals surface area contributed by atoms with Gasteiger partial charge < -0.3 is 27.8 Å². The summed E-state index contributed by atoms with van der Waals surface area (Å²) in [4.78, 5) is 5.19. The molecule has 0 saturated carbocycles. The van der Waals surface area contributed by atoms with Gasteiger partial charge in [-0.15, -0.1) is 0 Å². The van der Waals surface area contributed by atoms with Crippen LogP contribution in [-0.2, 0) is 0 Å². The first kappa shape index (κ1) is 49.0. The summed E-state index contributed by atoms with van der Waals surface area (Å²) in [6, 6.07) is 113. The van der Waals surface area contributed by atoms with E-state index in [2.05, 4.69) is 327 Å².